The first-order valence-corrected chi connectivity index (χ1v) is 12.3. The van der Waals surface area contributed by atoms with Gasteiger partial charge in [0.2, 0.25) is 0 Å². The molecular weight excluding hydrogens is 488 g/mol. The van der Waals surface area contributed by atoms with Crippen molar-refractivity contribution in [2.45, 2.75) is 50.9 Å². The zero-order chi connectivity index (χ0) is 25.8. The number of benzene rings is 1. The lowest BCUT2D eigenvalue weighted by Gasteiger charge is -2.25. The van der Waals surface area contributed by atoms with Gasteiger partial charge in [-0.3, -0.25) is 23.7 Å². The number of nitrogens with one attached hydrogen (secondary N) is 2. The fraction of sp³-hybridized carbons (Fsp3) is 0.476. The Hall–Kier alpha value is -2.83. The number of ether oxygens (including phenoxy) is 2. The quantitative estimate of drug-likeness (QED) is 0.311. The maximum absolute atomic E-state index is 15.4. The Morgan fingerprint density at radius 1 is 1.34 bits per heavy atom. The number of nitrogens with zero attached hydrogens (tertiary/aromatic N) is 1. The van der Waals surface area contributed by atoms with Crippen LogP contribution in [0.25, 0.3) is 0 Å². The Labute approximate surface area is 199 Å². The highest BCUT2D eigenvalue weighted by atomic mass is 31.2. The summed E-state index contributed by atoms with van der Waals surface area (Å²) in [6.07, 6.45) is -3.78. The van der Waals surface area contributed by atoms with E-state index < -0.39 is 61.7 Å². The van der Waals surface area contributed by atoms with Crippen LogP contribution in [0.2, 0.25) is 0 Å². The number of aliphatic hydroxyl groups is 1. The summed E-state index contributed by atoms with van der Waals surface area (Å²) in [5, 5.41) is 13.0. The number of esters is 1. The SMILES string of the molecule is CCOC(=O)[C@H](C)NP(=O)(OC[C@H]1O[C@@H](n2ccc(=O)[nH]c2=O)C(C)(F)C1O)Oc1ccccc1. The molecule has 3 rings (SSSR count). The lowest BCUT2D eigenvalue weighted by molar-refractivity contribution is -0.144. The number of halogens is 1. The van der Waals surface area contributed by atoms with Crippen LogP contribution < -0.4 is 20.9 Å². The maximum Gasteiger partial charge on any atom is 0.459 e. The van der Waals surface area contributed by atoms with Gasteiger partial charge < -0.3 is 19.1 Å². The van der Waals surface area contributed by atoms with E-state index in [2.05, 4.69) is 5.09 Å². The first kappa shape index (κ1) is 26.8. The first-order chi connectivity index (χ1) is 16.5. The van der Waals surface area contributed by atoms with E-state index in [-0.39, 0.29) is 12.4 Å². The third kappa shape index (κ3) is 6.24. The summed E-state index contributed by atoms with van der Waals surface area (Å²) in [6, 6.07) is 7.86. The molecule has 192 valence electrons. The highest BCUT2D eigenvalue weighted by molar-refractivity contribution is 7.52. The molecule has 3 unspecified atom stereocenters. The molecule has 35 heavy (non-hydrogen) atoms. The van der Waals surface area contributed by atoms with Crippen LogP contribution in [-0.4, -0.2) is 57.8 Å². The van der Waals surface area contributed by atoms with Crippen molar-refractivity contribution in [1.82, 2.24) is 14.6 Å². The monoisotopic (exact) mass is 515 g/mol. The van der Waals surface area contributed by atoms with Crippen molar-refractivity contribution in [2.75, 3.05) is 13.2 Å². The summed E-state index contributed by atoms with van der Waals surface area (Å²) in [5.41, 5.74) is -4.11. The Kier molecular flexibility index (Phi) is 8.29. The maximum atomic E-state index is 15.4. The molecule has 2 heterocycles. The molecule has 1 aliphatic rings. The molecule has 2 aromatic rings. The van der Waals surface area contributed by atoms with Crippen LogP contribution in [0.1, 0.15) is 27.0 Å². The second-order valence-electron chi connectivity index (χ2n) is 7.94. The third-order valence-electron chi connectivity index (χ3n) is 5.19. The van der Waals surface area contributed by atoms with E-state index in [1.165, 1.54) is 19.1 Å². The number of para-hydroxylation sites is 1. The smallest absolute Gasteiger partial charge is 0.459 e. The second-order valence-corrected chi connectivity index (χ2v) is 9.63. The van der Waals surface area contributed by atoms with Gasteiger partial charge in [-0.1, -0.05) is 18.2 Å². The van der Waals surface area contributed by atoms with Gasteiger partial charge in [-0.05, 0) is 32.9 Å². The van der Waals surface area contributed by atoms with Gasteiger partial charge in [0.1, 0.15) is 24.0 Å². The number of aromatic amines is 1. The first-order valence-electron chi connectivity index (χ1n) is 10.7. The lowest BCUT2D eigenvalue weighted by Crippen LogP contribution is -2.43. The van der Waals surface area contributed by atoms with Crippen LogP contribution >= 0.6 is 7.75 Å². The summed E-state index contributed by atoms with van der Waals surface area (Å²) >= 11 is 0. The standard InChI is InChI=1S/C21H27FN3O9P/c1-4-31-18(28)13(2)24-35(30,34-14-8-6-5-7-9-14)32-12-15-17(27)21(3,22)19(33-15)25-11-10-16(26)23-20(25)29/h5-11,13,15,17,19,27H,4,12H2,1-3H3,(H,24,30)(H,23,26,29)/t13-,15+,17?,19+,21?,35?/m0/s1. The third-order valence-corrected chi connectivity index (χ3v) is 6.83. The summed E-state index contributed by atoms with van der Waals surface area (Å²) in [7, 11) is -4.28. The summed E-state index contributed by atoms with van der Waals surface area (Å²) in [5.74, 6) is -0.556. The van der Waals surface area contributed by atoms with E-state index >= 15 is 4.39 Å². The summed E-state index contributed by atoms with van der Waals surface area (Å²) in [4.78, 5) is 37.5. The van der Waals surface area contributed by atoms with Crippen molar-refractivity contribution in [3.05, 3.63) is 63.4 Å². The number of hydrogen-bond donors (Lipinski definition) is 3. The number of aromatic nitrogens is 2. The molecule has 1 aromatic carbocycles. The molecule has 0 radical (unpaired) electrons. The van der Waals surface area contributed by atoms with Gasteiger partial charge in [-0.15, -0.1) is 0 Å². The number of hydrogen-bond acceptors (Lipinski definition) is 9. The minimum Gasteiger partial charge on any atom is -0.465 e. The van der Waals surface area contributed by atoms with Crippen LogP contribution in [0.5, 0.6) is 5.75 Å². The fourth-order valence-electron chi connectivity index (χ4n) is 3.40. The van der Waals surface area contributed by atoms with Crippen molar-refractivity contribution >= 4 is 13.7 Å². The lowest BCUT2D eigenvalue weighted by atomic mass is 9.98. The van der Waals surface area contributed by atoms with E-state index in [4.69, 9.17) is 18.5 Å². The van der Waals surface area contributed by atoms with Crippen molar-refractivity contribution < 1.29 is 37.4 Å². The van der Waals surface area contributed by atoms with Crippen LogP contribution in [0, 0.1) is 0 Å². The molecule has 0 amide bonds. The van der Waals surface area contributed by atoms with Crippen molar-refractivity contribution in [3.8, 4) is 5.75 Å². The van der Waals surface area contributed by atoms with Gasteiger partial charge in [-0.25, -0.2) is 13.8 Å². The fourth-order valence-corrected chi connectivity index (χ4v) is 4.90. The number of carbonyl (C=O) groups excluding carboxylic acids is 1. The highest BCUT2D eigenvalue weighted by Crippen LogP contribution is 2.47. The average Bonchev–Trinajstić information content (AvgIpc) is 3.02. The topological polar surface area (TPSA) is 158 Å². The van der Waals surface area contributed by atoms with E-state index in [9.17, 15) is 24.1 Å². The van der Waals surface area contributed by atoms with Gasteiger partial charge in [0.15, 0.2) is 11.9 Å². The molecule has 12 nitrogen and oxygen atoms in total. The van der Waals surface area contributed by atoms with Gasteiger partial charge >= 0.3 is 19.4 Å². The highest BCUT2D eigenvalue weighted by Gasteiger charge is 2.55. The summed E-state index contributed by atoms with van der Waals surface area (Å²) < 4.78 is 51.0. The number of H-pyrrole nitrogens is 1. The van der Waals surface area contributed by atoms with Crippen molar-refractivity contribution in [3.63, 3.8) is 0 Å². The molecule has 6 atom stereocenters. The normalized spacial score (nSPS) is 26.6. The number of alkyl halides is 1. The van der Waals surface area contributed by atoms with E-state index in [0.717, 1.165) is 23.8 Å². The van der Waals surface area contributed by atoms with Crippen molar-refractivity contribution in [1.29, 1.82) is 0 Å². The Morgan fingerprint density at radius 2 is 2.03 bits per heavy atom. The Bertz CT molecular complexity index is 1190. The molecular formula is C21H27FN3O9P. The zero-order valence-electron chi connectivity index (χ0n) is 19.3. The molecule has 0 saturated carbocycles. The molecule has 3 N–H and O–H groups in total. The number of aliphatic hydroxyl groups excluding tert-OH is 1. The second kappa shape index (κ2) is 10.8. The van der Waals surface area contributed by atoms with E-state index in [1.54, 1.807) is 25.1 Å². The predicted octanol–water partition coefficient (Wildman–Crippen LogP) is 1.27. The molecule has 1 fully saturated rings. The minimum atomic E-state index is -4.28. The van der Waals surface area contributed by atoms with E-state index in [0.29, 0.717) is 0 Å². The van der Waals surface area contributed by atoms with Gasteiger partial charge in [0.25, 0.3) is 5.56 Å². The van der Waals surface area contributed by atoms with Crippen LogP contribution in [0.3, 0.4) is 0 Å². The molecule has 14 heteroatoms. The van der Waals surface area contributed by atoms with Crippen molar-refractivity contribution in [2.24, 2.45) is 0 Å². The predicted molar refractivity (Wildman–Crippen MR) is 121 cm³/mol. The van der Waals surface area contributed by atoms with Crippen LogP contribution in [0.15, 0.2) is 52.2 Å². The van der Waals surface area contributed by atoms with Gasteiger partial charge in [0.05, 0.1) is 13.2 Å². The number of carbonyl (C=O) groups is 1. The Balaban J connectivity index is 1.80. The van der Waals surface area contributed by atoms with Crippen LogP contribution in [0.4, 0.5) is 4.39 Å². The molecule has 0 spiro atoms. The molecule has 0 aliphatic carbocycles. The van der Waals surface area contributed by atoms with Gasteiger partial charge in [-0.2, -0.15) is 5.09 Å². The zero-order valence-corrected chi connectivity index (χ0v) is 20.1. The average molecular weight is 515 g/mol. The van der Waals surface area contributed by atoms with E-state index in [1.807, 2.05) is 4.98 Å². The van der Waals surface area contributed by atoms with Gasteiger partial charge in [0, 0.05) is 12.3 Å². The largest absolute Gasteiger partial charge is 0.465 e. The minimum absolute atomic E-state index is 0.0955. The molecule has 1 aliphatic heterocycles. The number of rotatable bonds is 10. The Morgan fingerprint density at radius 3 is 2.66 bits per heavy atom. The van der Waals surface area contributed by atoms with Crippen LogP contribution in [-0.2, 0) is 23.4 Å². The molecule has 1 saturated heterocycles. The molecule has 1 aromatic heterocycles. The molecule has 0 bridgehead atoms. The summed E-state index contributed by atoms with van der Waals surface area (Å²) in [6.45, 7) is 3.47.